The predicted octanol–water partition coefficient (Wildman–Crippen LogP) is 0.889. The quantitative estimate of drug-likeness (QED) is 0.844. The normalized spacial score (nSPS) is 13.6. The van der Waals surface area contributed by atoms with Crippen molar-refractivity contribution in [3.63, 3.8) is 0 Å². The molecule has 1 atom stereocenters. The van der Waals surface area contributed by atoms with Crippen LogP contribution in [0.15, 0.2) is 16.6 Å². The minimum absolute atomic E-state index is 0.142. The van der Waals surface area contributed by atoms with E-state index in [0.29, 0.717) is 4.96 Å². The van der Waals surface area contributed by atoms with Gasteiger partial charge in [-0.1, -0.05) is 11.6 Å². The highest BCUT2D eigenvalue weighted by atomic mass is 35.5. The van der Waals surface area contributed by atoms with Crippen molar-refractivity contribution in [3.8, 4) is 0 Å². The number of aromatic nitrogens is 2. The lowest BCUT2D eigenvalue weighted by Crippen LogP contribution is -2.39. The number of carbonyl (C=O) groups is 1. The van der Waals surface area contributed by atoms with Crippen LogP contribution in [0.3, 0.4) is 0 Å². The van der Waals surface area contributed by atoms with E-state index in [1.54, 1.807) is 5.38 Å². The number of hydrogen-bond acceptors (Lipinski definition) is 6. The van der Waals surface area contributed by atoms with E-state index < -0.39 is 22.0 Å². The number of halogens is 1. The molecule has 2 rings (SSSR count). The Bertz CT molecular complexity index is 721. The van der Waals surface area contributed by atoms with E-state index in [4.69, 9.17) is 11.6 Å². The third-order valence-corrected chi connectivity index (χ3v) is 5.01. The zero-order chi connectivity index (χ0) is 14.2. The Labute approximate surface area is 118 Å². The van der Waals surface area contributed by atoms with Crippen LogP contribution in [0.2, 0.25) is 5.15 Å². The van der Waals surface area contributed by atoms with Gasteiger partial charge in [0.15, 0.2) is 15.1 Å². The average molecular weight is 324 g/mol. The smallest absolute Gasteiger partial charge is 0.323 e. The van der Waals surface area contributed by atoms with E-state index in [-0.39, 0.29) is 10.2 Å². The summed E-state index contributed by atoms with van der Waals surface area (Å²) in [5, 5.41) is 1.35. The Morgan fingerprint density at radius 2 is 2.32 bits per heavy atom. The van der Waals surface area contributed by atoms with Gasteiger partial charge in [0, 0.05) is 11.6 Å². The first kappa shape index (κ1) is 14.3. The third-order valence-electron chi connectivity index (χ3n) is 2.32. The van der Waals surface area contributed by atoms with Crippen molar-refractivity contribution in [2.75, 3.05) is 7.11 Å². The number of nitrogens with one attached hydrogen (secondary N) is 1. The molecule has 19 heavy (non-hydrogen) atoms. The van der Waals surface area contributed by atoms with Crippen LogP contribution < -0.4 is 4.72 Å². The summed E-state index contributed by atoms with van der Waals surface area (Å²) in [4.78, 5) is 15.6. The average Bonchev–Trinajstić information content (AvgIpc) is 2.85. The number of methoxy groups -OCH3 is 1. The molecule has 0 aromatic carbocycles. The summed E-state index contributed by atoms with van der Waals surface area (Å²) in [6, 6.07) is -1.02. The molecule has 0 radical (unpaired) electrons. The first-order valence-electron chi connectivity index (χ1n) is 5.08. The number of rotatable bonds is 4. The van der Waals surface area contributed by atoms with Gasteiger partial charge in [0.1, 0.15) is 6.04 Å². The van der Waals surface area contributed by atoms with E-state index in [1.807, 2.05) is 0 Å². The second-order valence-corrected chi connectivity index (χ2v) is 6.49. The summed E-state index contributed by atoms with van der Waals surface area (Å²) in [5.74, 6) is -0.689. The Kier molecular flexibility index (Phi) is 3.81. The second-order valence-electron chi connectivity index (χ2n) is 3.63. The molecule has 0 bridgehead atoms. The Hall–Kier alpha value is -1.16. The van der Waals surface area contributed by atoms with E-state index >= 15 is 0 Å². The van der Waals surface area contributed by atoms with E-state index in [9.17, 15) is 13.2 Å². The van der Waals surface area contributed by atoms with Gasteiger partial charge in [-0.3, -0.25) is 9.20 Å². The van der Waals surface area contributed by atoms with Crippen molar-refractivity contribution in [1.82, 2.24) is 14.1 Å². The first-order valence-corrected chi connectivity index (χ1v) is 7.82. The predicted molar refractivity (Wildman–Crippen MR) is 69.9 cm³/mol. The fourth-order valence-corrected chi connectivity index (χ4v) is 4.14. The molecule has 0 aliphatic heterocycles. The maximum Gasteiger partial charge on any atom is 0.323 e. The van der Waals surface area contributed by atoms with Crippen LogP contribution >= 0.6 is 22.9 Å². The van der Waals surface area contributed by atoms with Gasteiger partial charge < -0.3 is 4.74 Å². The molecular weight excluding hydrogens is 314 g/mol. The van der Waals surface area contributed by atoms with Crippen LogP contribution in [0.1, 0.15) is 6.92 Å². The maximum absolute atomic E-state index is 12.2. The highest BCUT2D eigenvalue weighted by Gasteiger charge is 2.28. The van der Waals surface area contributed by atoms with Gasteiger partial charge in [-0.05, 0) is 6.92 Å². The van der Waals surface area contributed by atoms with Crippen LogP contribution in [0.25, 0.3) is 4.96 Å². The summed E-state index contributed by atoms with van der Waals surface area (Å²) >= 11 is 7.08. The minimum atomic E-state index is -3.97. The molecule has 0 saturated carbocycles. The van der Waals surface area contributed by atoms with Crippen LogP contribution in [-0.4, -0.2) is 36.9 Å². The van der Waals surface area contributed by atoms with Gasteiger partial charge in [-0.15, -0.1) is 11.3 Å². The van der Waals surface area contributed by atoms with Gasteiger partial charge in [0.05, 0.1) is 7.11 Å². The number of imidazole rings is 1. The van der Waals surface area contributed by atoms with Gasteiger partial charge in [0.25, 0.3) is 10.0 Å². The molecule has 0 unspecified atom stereocenters. The van der Waals surface area contributed by atoms with Crippen LogP contribution in [-0.2, 0) is 19.6 Å². The Morgan fingerprint density at radius 1 is 1.63 bits per heavy atom. The molecule has 0 saturated heterocycles. The van der Waals surface area contributed by atoms with Crippen molar-refractivity contribution in [2.45, 2.75) is 18.0 Å². The van der Waals surface area contributed by atoms with Crippen LogP contribution in [0, 0.1) is 0 Å². The van der Waals surface area contributed by atoms with Gasteiger partial charge >= 0.3 is 5.97 Å². The Balaban J connectivity index is 2.42. The number of ether oxygens (including phenoxy) is 1. The molecule has 0 amide bonds. The molecule has 1 N–H and O–H groups in total. The molecule has 104 valence electrons. The second kappa shape index (κ2) is 5.08. The summed E-state index contributed by atoms with van der Waals surface area (Å²) in [5.41, 5.74) is 0. The monoisotopic (exact) mass is 323 g/mol. The van der Waals surface area contributed by atoms with Crippen molar-refractivity contribution in [3.05, 3.63) is 16.7 Å². The molecule has 7 nitrogen and oxygen atoms in total. The highest BCUT2D eigenvalue weighted by Crippen LogP contribution is 2.25. The van der Waals surface area contributed by atoms with Crippen molar-refractivity contribution < 1.29 is 17.9 Å². The molecule has 0 spiro atoms. The lowest BCUT2D eigenvalue weighted by molar-refractivity contribution is -0.142. The summed E-state index contributed by atoms with van der Waals surface area (Å²) in [6.07, 6.45) is 1.54. The molecule has 0 aliphatic carbocycles. The maximum atomic E-state index is 12.2. The van der Waals surface area contributed by atoms with Crippen molar-refractivity contribution >= 4 is 43.9 Å². The first-order chi connectivity index (χ1) is 8.86. The van der Waals surface area contributed by atoms with Crippen LogP contribution in [0.4, 0.5) is 0 Å². The SMILES string of the molecule is COC(=O)[C@H](C)NS(=O)(=O)c1c(Cl)nc2sccn12. The molecule has 0 aliphatic rings. The van der Waals surface area contributed by atoms with Gasteiger partial charge in [-0.25, -0.2) is 13.4 Å². The van der Waals surface area contributed by atoms with E-state index in [2.05, 4.69) is 14.4 Å². The number of hydrogen-bond donors (Lipinski definition) is 1. The summed E-state index contributed by atoms with van der Waals surface area (Å²) < 4.78 is 32.4. The molecule has 2 aromatic heterocycles. The third kappa shape index (κ3) is 2.59. The molecule has 2 heterocycles. The van der Waals surface area contributed by atoms with Gasteiger partial charge in [0.2, 0.25) is 0 Å². The van der Waals surface area contributed by atoms with Crippen LogP contribution in [0.5, 0.6) is 0 Å². The Morgan fingerprint density at radius 3 is 2.95 bits per heavy atom. The number of thiazole rings is 1. The molecule has 2 aromatic rings. The largest absolute Gasteiger partial charge is 0.468 e. The van der Waals surface area contributed by atoms with Crippen molar-refractivity contribution in [1.29, 1.82) is 0 Å². The molecule has 10 heteroatoms. The number of esters is 1. The zero-order valence-electron chi connectivity index (χ0n) is 9.95. The fraction of sp³-hybridized carbons (Fsp3) is 0.333. The number of carbonyl (C=O) groups excluding carboxylic acids is 1. The van der Waals surface area contributed by atoms with Gasteiger partial charge in [-0.2, -0.15) is 4.72 Å². The minimum Gasteiger partial charge on any atom is -0.468 e. The fourth-order valence-electron chi connectivity index (χ4n) is 1.49. The summed E-state index contributed by atoms with van der Waals surface area (Å²) in [6.45, 7) is 1.38. The van der Waals surface area contributed by atoms with Crippen molar-refractivity contribution in [2.24, 2.45) is 0 Å². The number of fused-ring (bicyclic) bond motifs is 1. The standard InChI is InChI=1S/C9H10ClN3O4S2/c1-5(8(14)17-2)12-19(15,16)7-6(10)11-9-13(7)3-4-18-9/h3-5,12H,1-2H3/t5-/m0/s1. The summed E-state index contributed by atoms with van der Waals surface area (Å²) in [7, 11) is -2.80. The lowest BCUT2D eigenvalue weighted by atomic mass is 10.4. The number of nitrogens with zero attached hydrogens (tertiary/aromatic N) is 2. The highest BCUT2D eigenvalue weighted by molar-refractivity contribution is 7.89. The van der Waals surface area contributed by atoms with E-state index in [0.717, 1.165) is 0 Å². The molecular formula is C9H10ClN3O4S2. The van der Waals surface area contributed by atoms with E-state index in [1.165, 1.54) is 36.0 Å². The zero-order valence-corrected chi connectivity index (χ0v) is 12.3. The molecule has 0 fully saturated rings. The number of sulfonamides is 1. The topological polar surface area (TPSA) is 89.8 Å². The lowest BCUT2D eigenvalue weighted by Gasteiger charge is -2.11.